The molecule has 0 saturated carbocycles. The van der Waals surface area contributed by atoms with Gasteiger partial charge in [-0.05, 0) is 36.8 Å². The van der Waals surface area contributed by atoms with Crippen molar-refractivity contribution in [3.05, 3.63) is 107 Å². The molecule has 8 heteroatoms. The van der Waals surface area contributed by atoms with Crippen LogP contribution in [-0.4, -0.2) is 41.8 Å². The predicted molar refractivity (Wildman–Crippen MR) is 289 cm³/mol. The fourth-order valence-electron chi connectivity index (χ4n) is 7.73. The molecule has 0 aliphatic carbocycles. The molecule has 0 saturated heterocycles. The van der Waals surface area contributed by atoms with Crippen molar-refractivity contribution in [3.63, 3.8) is 0 Å². The Morgan fingerprint density at radius 3 is 0.933 bits per heavy atom. The molecule has 0 heterocycles. The maximum atomic E-state index is 4.93. The van der Waals surface area contributed by atoms with Gasteiger partial charge in [0.25, 0.3) is 0 Å². The van der Waals surface area contributed by atoms with Crippen LogP contribution < -0.4 is 20.7 Å². The van der Waals surface area contributed by atoms with Crippen molar-refractivity contribution in [2.24, 2.45) is 0 Å². The number of halogens is 2. The number of aryl methyl sites for hydroxylation is 4. The van der Waals surface area contributed by atoms with Gasteiger partial charge in [-0.2, -0.15) is 12.1 Å². The SMILES string of the molecule is CCc1cc2c(-c3cc([Si](C)(C)C)cc([Si](C)(C)C)c3)c(CC)ccc2[cH-]1.CCc1cc2c(-c3cc([Si](C)(C)C)cc([Si](C)(C)C)c3)c(CC)ccc2[cH-]1.C[Si]C.[Cl][Zr+2][Cl]. The van der Waals surface area contributed by atoms with Crippen LogP contribution in [0.25, 0.3) is 43.8 Å². The van der Waals surface area contributed by atoms with E-state index in [1.807, 2.05) is 0 Å². The Bertz CT molecular complexity index is 2080. The summed E-state index contributed by atoms with van der Waals surface area (Å²) < 4.78 is 0. The Morgan fingerprint density at radius 2 is 0.717 bits per heavy atom. The van der Waals surface area contributed by atoms with Crippen molar-refractivity contribution in [3.8, 4) is 22.3 Å². The van der Waals surface area contributed by atoms with E-state index in [0.29, 0.717) is 0 Å². The monoisotopic (exact) mass is 1000 g/mol. The van der Waals surface area contributed by atoms with E-state index in [9.17, 15) is 0 Å². The first-order chi connectivity index (χ1) is 27.9. The average molecular weight is 1000 g/mol. The molecule has 0 spiro atoms. The Morgan fingerprint density at radius 1 is 0.450 bits per heavy atom. The van der Waals surface area contributed by atoms with Gasteiger partial charge in [-0.15, -0.1) is 69.1 Å². The normalized spacial score (nSPS) is 11.9. The number of rotatable bonds is 10. The van der Waals surface area contributed by atoms with Crippen LogP contribution in [0, 0.1) is 0 Å². The first kappa shape index (κ1) is 53.0. The van der Waals surface area contributed by atoms with Gasteiger partial charge in [0.2, 0.25) is 0 Å². The number of fused-ring (bicyclic) bond motifs is 2. The Labute approximate surface area is 392 Å². The van der Waals surface area contributed by atoms with E-state index in [1.165, 1.54) is 66.1 Å². The zero-order chi connectivity index (χ0) is 45.4. The number of hydrogen-bond donors (Lipinski definition) is 0. The maximum absolute atomic E-state index is 4.93. The Kier molecular flexibility index (Phi) is 19.9. The quantitative estimate of drug-likeness (QED) is 0.0948. The van der Waals surface area contributed by atoms with Gasteiger partial charge in [-0.25, -0.2) is 0 Å². The van der Waals surface area contributed by atoms with Gasteiger partial charge in [0, 0.05) is 9.52 Å². The van der Waals surface area contributed by atoms with Crippen LogP contribution in [0.5, 0.6) is 0 Å². The molecule has 2 radical (unpaired) electrons. The van der Waals surface area contributed by atoms with Crippen molar-refractivity contribution in [2.45, 2.75) is 145 Å². The van der Waals surface area contributed by atoms with Gasteiger partial charge in [-0.3, -0.25) is 0 Å². The van der Waals surface area contributed by atoms with Crippen LogP contribution in [0.3, 0.4) is 0 Å². The van der Waals surface area contributed by atoms with Crippen molar-refractivity contribution < 1.29 is 20.8 Å². The Balaban J connectivity index is 0.000000283. The van der Waals surface area contributed by atoms with Crippen molar-refractivity contribution >= 4 is 101 Å². The van der Waals surface area contributed by atoms with E-state index < -0.39 is 53.1 Å². The first-order valence-electron chi connectivity index (χ1n) is 22.2. The molecule has 0 aromatic heterocycles. The van der Waals surface area contributed by atoms with Crippen LogP contribution in [0.2, 0.25) is 91.7 Å². The molecule has 0 N–H and O–H groups in total. The van der Waals surface area contributed by atoms with Crippen LogP contribution in [0.4, 0.5) is 0 Å². The van der Waals surface area contributed by atoms with Gasteiger partial charge in [-0.1, -0.05) is 199 Å². The third-order valence-electron chi connectivity index (χ3n) is 11.6. The number of hydrogen-bond acceptors (Lipinski definition) is 0. The zero-order valence-electron chi connectivity index (χ0n) is 40.7. The summed E-state index contributed by atoms with van der Waals surface area (Å²) in [6.45, 7) is 43.0. The third kappa shape index (κ3) is 13.8. The fourth-order valence-corrected chi connectivity index (χ4v) is 12.7. The summed E-state index contributed by atoms with van der Waals surface area (Å²) >= 11 is -0.826. The molecule has 0 nitrogen and oxygen atoms in total. The molecule has 0 amide bonds. The first-order valence-corrected chi connectivity index (χ1v) is 44.5. The summed E-state index contributed by atoms with van der Waals surface area (Å²) in [5.74, 6) is 0. The van der Waals surface area contributed by atoms with Gasteiger partial charge in [0.05, 0.1) is 32.3 Å². The fraction of sp³-hybridized carbons (Fsp3) is 0.423. The van der Waals surface area contributed by atoms with Gasteiger partial charge < -0.3 is 0 Å². The standard InChI is InChI=1S/2C25H35Si2.C2H6Si.2ClH.Zr/c2*1-9-18-13-20-12-11-19(10-2)25(24(20)14-18)21-15-22(26(3,4)5)17-23(16-21)27(6,7)8;1-3-2;;;/h2*11-17H,9-10H2,1-8H3;1-2H3;2*1H;/q2*-1;;;;+4/p-2. The summed E-state index contributed by atoms with van der Waals surface area (Å²) in [4.78, 5) is 0. The van der Waals surface area contributed by atoms with E-state index in [0.717, 1.165) is 35.2 Å². The molecule has 322 valence electrons. The molecule has 0 unspecified atom stereocenters. The van der Waals surface area contributed by atoms with Gasteiger partial charge in [0.15, 0.2) is 0 Å². The summed E-state index contributed by atoms with van der Waals surface area (Å²) in [5.41, 5.74) is 11.7. The molecule has 6 aromatic carbocycles. The van der Waals surface area contributed by atoms with Crippen LogP contribution in [0.1, 0.15) is 49.9 Å². The van der Waals surface area contributed by atoms with Crippen molar-refractivity contribution in [1.82, 2.24) is 0 Å². The molecule has 0 fully saturated rings. The van der Waals surface area contributed by atoms with E-state index >= 15 is 0 Å². The third-order valence-corrected chi connectivity index (χ3v) is 19.6. The molecular weight excluding hydrogens is 927 g/mol. The van der Waals surface area contributed by atoms with Gasteiger partial charge >= 0.3 is 37.9 Å². The van der Waals surface area contributed by atoms with Crippen LogP contribution in [-0.2, 0) is 46.5 Å². The van der Waals surface area contributed by atoms with E-state index in [1.54, 1.807) is 20.7 Å². The van der Waals surface area contributed by atoms with Crippen molar-refractivity contribution in [2.75, 3.05) is 0 Å². The summed E-state index contributed by atoms with van der Waals surface area (Å²) in [7, 11) is 5.42. The second-order valence-electron chi connectivity index (χ2n) is 20.5. The summed E-state index contributed by atoms with van der Waals surface area (Å²) in [5, 5.41) is 12.1. The molecule has 6 rings (SSSR count). The second-order valence-corrected chi connectivity index (χ2v) is 45.6. The minimum absolute atomic E-state index is 0.826. The minimum atomic E-state index is -1.38. The molecule has 0 bridgehead atoms. The predicted octanol–water partition coefficient (Wildman–Crippen LogP) is 15.0. The average Bonchev–Trinajstić information content (AvgIpc) is 3.80. The number of benzene rings is 4. The van der Waals surface area contributed by atoms with Gasteiger partial charge in [0.1, 0.15) is 0 Å². The second kappa shape index (κ2) is 22.5. The molecule has 0 aliphatic heterocycles. The Hall–Kier alpha value is -1.35. The molecule has 0 atom stereocenters. The topological polar surface area (TPSA) is 0 Å². The molecular formula is C52H76Cl2Si5Zr. The van der Waals surface area contributed by atoms with Crippen LogP contribution in [0.15, 0.2) is 84.9 Å². The molecule has 60 heavy (non-hydrogen) atoms. The summed E-state index contributed by atoms with van der Waals surface area (Å²) in [6.07, 6.45) is 4.37. The molecule has 6 aromatic rings. The van der Waals surface area contributed by atoms with Crippen LogP contribution >= 0.6 is 17.0 Å². The molecule has 0 aliphatic rings. The summed E-state index contributed by atoms with van der Waals surface area (Å²) in [6, 6.07) is 34.1. The van der Waals surface area contributed by atoms with Crippen molar-refractivity contribution in [1.29, 1.82) is 0 Å². The van der Waals surface area contributed by atoms with E-state index in [-0.39, 0.29) is 0 Å². The van der Waals surface area contributed by atoms with E-state index in [4.69, 9.17) is 17.0 Å². The van der Waals surface area contributed by atoms with E-state index in [2.05, 4.69) is 204 Å². The zero-order valence-corrected chi connectivity index (χ0v) is 49.6.